The number of aryl methyl sites for hydroxylation is 2. The van der Waals surface area contributed by atoms with E-state index >= 15 is 0 Å². The SMILES string of the molecule is Cn1nc2c(c1Br)C(O)(C(=O)O)CCC2. The van der Waals surface area contributed by atoms with Gasteiger partial charge in [-0.15, -0.1) is 0 Å². The minimum atomic E-state index is -1.79. The van der Waals surface area contributed by atoms with Gasteiger partial charge in [-0.1, -0.05) is 0 Å². The van der Waals surface area contributed by atoms with Crippen molar-refractivity contribution in [2.75, 3.05) is 0 Å². The molecule has 2 N–H and O–H groups in total. The summed E-state index contributed by atoms with van der Waals surface area (Å²) < 4.78 is 2.09. The molecule has 0 aromatic carbocycles. The Morgan fingerprint density at radius 1 is 1.67 bits per heavy atom. The maximum Gasteiger partial charge on any atom is 0.340 e. The molecule has 0 aliphatic heterocycles. The molecule has 1 atom stereocenters. The lowest BCUT2D eigenvalue weighted by Crippen LogP contribution is -2.38. The summed E-state index contributed by atoms with van der Waals surface area (Å²) >= 11 is 3.26. The summed E-state index contributed by atoms with van der Waals surface area (Å²) in [5.74, 6) is -1.21. The molecule has 0 saturated carbocycles. The van der Waals surface area contributed by atoms with E-state index in [0.29, 0.717) is 28.7 Å². The van der Waals surface area contributed by atoms with Crippen molar-refractivity contribution in [1.29, 1.82) is 0 Å². The number of rotatable bonds is 1. The number of fused-ring (bicyclic) bond motifs is 1. The molecule has 0 spiro atoms. The lowest BCUT2D eigenvalue weighted by molar-refractivity contribution is -0.161. The van der Waals surface area contributed by atoms with Crippen LogP contribution in [0, 0.1) is 0 Å². The normalized spacial score (nSPS) is 25.0. The average Bonchev–Trinajstić information content (AvgIpc) is 2.44. The van der Waals surface area contributed by atoms with Crippen molar-refractivity contribution >= 4 is 21.9 Å². The van der Waals surface area contributed by atoms with E-state index in [-0.39, 0.29) is 6.42 Å². The van der Waals surface area contributed by atoms with Crippen molar-refractivity contribution in [2.24, 2.45) is 7.05 Å². The molecule has 1 aliphatic carbocycles. The third-order valence-electron chi connectivity index (χ3n) is 2.77. The molecular weight excluding hydrogens is 264 g/mol. The Bertz CT molecular complexity index is 429. The highest BCUT2D eigenvalue weighted by Gasteiger charge is 2.45. The van der Waals surface area contributed by atoms with E-state index in [2.05, 4.69) is 21.0 Å². The maximum absolute atomic E-state index is 11.1. The van der Waals surface area contributed by atoms with Crippen molar-refractivity contribution in [1.82, 2.24) is 9.78 Å². The van der Waals surface area contributed by atoms with Crippen LogP contribution in [0.25, 0.3) is 0 Å². The van der Waals surface area contributed by atoms with Gasteiger partial charge in [0.2, 0.25) is 0 Å². The van der Waals surface area contributed by atoms with Crippen LogP contribution in [0.4, 0.5) is 0 Å². The van der Waals surface area contributed by atoms with E-state index in [4.69, 9.17) is 5.11 Å². The zero-order valence-electron chi connectivity index (χ0n) is 8.20. The second-order valence-electron chi connectivity index (χ2n) is 3.76. The van der Waals surface area contributed by atoms with Crippen LogP contribution >= 0.6 is 15.9 Å². The van der Waals surface area contributed by atoms with Crippen LogP contribution in [-0.4, -0.2) is 26.0 Å². The third-order valence-corrected chi connectivity index (χ3v) is 3.68. The van der Waals surface area contributed by atoms with Crippen LogP contribution in [0.3, 0.4) is 0 Å². The lowest BCUT2D eigenvalue weighted by atomic mass is 9.83. The summed E-state index contributed by atoms with van der Waals surface area (Å²) in [6.45, 7) is 0. The van der Waals surface area contributed by atoms with Gasteiger partial charge in [-0.05, 0) is 35.2 Å². The number of aliphatic carboxylic acids is 1. The Morgan fingerprint density at radius 3 is 2.93 bits per heavy atom. The second-order valence-corrected chi connectivity index (χ2v) is 4.51. The molecule has 1 unspecified atom stereocenters. The fraction of sp³-hybridized carbons (Fsp3) is 0.556. The first-order valence-corrected chi connectivity index (χ1v) is 5.43. The quantitative estimate of drug-likeness (QED) is 0.794. The minimum absolute atomic E-state index is 0.236. The zero-order valence-corrected chi connectivity index (χ0v) is 9.78. The standard InChI is InChI=1S/C9H11BrN2O3/c1-12-7(10)6-5(11-12)3-2-4-9(6,15)8(13)14/h15H,2-4H2,1H3,(H,13,14). The average molecular weight is 275 g/mol. The molecule has 82 valence electrons. The smallest absolute Gasteiger partial charge is 0.340 e. The number of carboxylic acid groups (broad SMARTS) is 1. The molecule has 6 heteroatoms. The first kappa shape index (κ1) is 10.6. The first-order chi connectivity index (χ1) is 6.97. The Kier molecular flexibility index (Phi) is 2.35. The molecular formula is C9H11BrN2O3. The minimum Gasteiger partial charge on any atom is -0.479 e. The van der Waals surface area contributed by atoms with Crippen molar-refractivity contribution in [2.45, 2.75) is 24.9 Å². The van der Waals surface area contributed by atoms with Crippen molar-refractivity contribution in [3.05, 3.63) is 15.9 Å². The van der Waals surface area contributed by atoms with Gasteiger partial charge in [0.05, 0.1) is 11.3 Å². The van der Waals surface area contributed by atoms with E-state index in [9.17, 15) is 9.90 Å². The molecule has 0 radical (unpaired) electrons. The van der Waals surface area contributed by atoms with Gasteiger partial charge in [0.25, 0.3) is 0 Å². The van der Waals surface area contributed by atoms with E-state index < -0.39 is 11.6 Å². The molecule has 0 saturated heterocycles. The molecule has 2 rings (SSSR count). The molecule has 1 aromatic heterocycles. The fourth-order valence-electron chi connectivity index (χ4n) is 1.99. The summed E-state index contributed by atoms with van der Waals surface area (Å²) in [5, 5.41) is 23.4. The monoisotopic (exact) mass is 274 g/mol. The number of aromatic nitrogens is 2. The Balaban J connectivity index is 2.64. The van der Waals surface area contributed by atoms with Crippen LogP contribution in [0.15, 0.2) is 4.60 Å². The summed E-state index contributed by atoms with van der Waals surface area (Å²) in [6, 6.07) is 0. The Morgan fingerprint density at radius 2 is 2.33 bits per heavy atom. The number of nitrogens with zero attached hydrogens (tertiary/aromatic N) is 2. The van der Waals surface area contributed by atoms with Gasteiger partial charge in [0.15, 0.2) is 5.60 Å². The highest BCUT2D eigenvalue weighted by molar-refractivity contribution is 9.10. The molecule has 1 heterocycles. The second kappa shape index (κ2) is 3.31. The fourth-order valence-corrected chi connectivity index (χ4v) is 2.63. The van der Waals surface area contributed by atoms with E-state index in [1.807, 2.05) is 0 Å². The molecule has 0 bridgehead atoms. The van der Waals surface area contributed by atoms with Crippen LogP contribution in [0.1, 0.15) is 24.1 Å². The van der Waals surface area contributed by atoms with Gasteiger partial charge in [-0.2, -0.15) is 5.10 Å². The first-order valence-electron chi connectivity index (χ1n) is 4.64. The summed E-state index contributed by atoms with van der Waals surface area (Å²) in [7, 11) is 1.71. The van der Waals surface area contributed by atoms with Crippen LogP contribution in [0.2, 0.25) is 0 Å². The highest BCUT2D eigenvalue weighted by Crippen LogP contribution is 2.39. The number of halogens is 1. The Hall–Kier alpha value is -0.880. The maximum atomic E-state index is 11.1. The van der Waals surface area contributed by atoms with Crippen molar-refractivity contribution in [3.8, 4) is 0 Å². The van der Waals surface area contributed by atoms with Gasteiger partial charge in [0.1, 0.15) is 4.60 Å². The lowest BCUT2D eigenvalue weighted by Gasteiger charge is -2.27. The van der Waals surface area contributed by atoms with Gasteiger partial charge in [0, 0.05) is 7.05 Å². The van der Waals surface area contributed by atoms with Crippen molar-refractivity contribution < 1.29 is 15.0 Å². The number of hydrogen-bond acceptors (Lipinski definition) is 3. The van der Waals surface area contributed by atoms with E-state index in [1.54, 1.807) is 11.7 Å². The topological polar surface area (TPSA) is 75.3 Å². The van der Waals surface area contributed by atoms with Gasteiger partial charge < -0.3 is 10.2 Å². The van der Waals surface area contributed by atoms with E-state index in [0.717, 1.165) is 0 Å². The molecule has 1 aliphatic rings. The molecule has 0 amide bonds. The highest BCUT2D eigenvalue weighted by atomic mass is 79.9. The molecule has 1 aromatic rings. The number of hydrogen-bond donors (Lipinski definition) is 2. The number of carbonyl (C=O) groups is 1. The largest absolute Gasteiger partial charge is 0.479 e. The zero-order chi connectivity index (χ0) is 11.2. The summed E-state index contributed by atoms with van der Waals surface area (Å²) in [5.41, 5.74) is -0.718. The number of carboxylic acids is 1. The third kappa shape index (κ3) is 1.39. The predicted octanol–water partition coefficient (Wildman–Crippen LogP) is 0.791. The predicted molar refractivity (Wildman–Crippen MR) is 55.4 cm³/mol. The number of aliphatic hydroxyl groups is 1. The van der Waals surface area contributed by atoms with Gasteiger partial charge in [-0.25, -0.2) is 4.79 Å². The summed E-state index contributed by atoms with van der Waals surface area (Å²) in [4.78, 5) is 11.1. The Labute approximate surface area is 94.8 Å². The van der Waals surface area contributed by atoms with Crippen LogP contribution in [-0.2, 0) is 23.9 Å². The van der Waals surface area contributed by atoms with Gasteiger partial charge >= 0.3 is 5.97 Å². The molecule has 5 nitrogen and oxygen atoms in total. The molecule has 15 heavy (non-hydrogen) atoms. The van der Waals surface area contributed by atoms with Gasteiger partial charge in [-0.3, -0.25) is 4.68 Å². The summed E-state index contributed by atoms with van der Waals surface area (Å²) in [6.07, 6.45) is 1.59. The molecule has 0 fully saturated rings. The van der Waals surface area contributed by atoms with Crippen molar-refractivity contribution in [3.63, 3.8) is 0 Å². The van der Waals surface area contributed by atoms with Crippen LogP contribution < -0.4 is 0 Å². The van der Waals surface area contributed by atoms with E-state index in [1.165, 1.54) is 0 Å². The van der Waals surface area contributed by atoms with Crippen LogP contribution in [0.5, 0.6) is 0 Å².